The molecule has 0 spiro atoms. The van der Waals surface area contributed by atoms with E-state index >= 15 is 0 Å². The number of carbonyl (C=O) groups excluding carboxylic acids is 1. The Labute approximate surface area is 128 Å². The summed E-state index contributed by atoms with van der Waals surface area (Å²) in [4.78, 5) is 11.6. The van der Waals surface area contributed by atoms with Crippen LogP contribution in [0.15, 0.2) is 23.1 Å². The number of rotatable bonds is 5. The zero-order chi connectivity index (χ0) is 15.6. The van der Waals surface area contributed by atoms with Gasteiger partial charge in [-0.15, -0.1) is 0 Å². The molecule has 112 valence electrons. The summed E-state index contributed by atoms with van der Waals surface area (Å²) in [6.45, 7) is 1.47. The molecule has 0 aromatic heterocycles. The summed E-state index contributed by atoms with van der Waals surface area (Å²) < 4.78 is 26.7. The molecule has 0 aliphatic heterocycles. The molecule has 2 N–H and O–H groups in total. The first-order valence-electron chi connectivity index (χ1n) is 6.36. The van der Waals surface area contributed by atoms with E-state index in [0.717, 1.165) is 12.8 Å². The first kappa shape index (κ1) is 15.8. The van der Waals surface area contributed by atoms with Crippen LogP contribution >= 0.6 is 11.6 Å². The van der Waals surface area contributed by atoms with Gasteiger partial charge in [-0.05, 0) is 38.0 Å². The topological polar surface area (TPSA) is 99.1 Å². The van der Waals surface area contributed by atoms with Crippen molar-refractivity contribution in [2.75, 3.05) is 0 Å². The van der Waals surface area contributed by atoms with Gasteiger partial charge in [-0.2, -0.15) is 9.98 Å². The maximum absolute atomic E-state index is 12.2. The molecule has 1 aliphatic rings. The molecule has 1 aromatic rings. The Morgan fingerprint density at radius 2 is 2.14 bits per heavy atom. The molecular formula is C13H14ClN3O3S. The van der Waals surface area contributed by atoms with Crippen LogP contribution in [-0.2, 0) is 14.8 Å². The average molecular weight is 328 g/mol. The zero-order valence-electron chi connectivity index (χ0n) is 11.3. The van der Waals surface area contributed by atoms with E-state index in [4.69, 9.17) is 16.9 Å². The van der Waals surface area contributed by atoms with Crippen molar-refractivity contribution < 1.29 is 13.2 Å². The van der Waals surface area contributed by atoms with Crippen molar-refractivity contribution in [3.05, 3.63) is 28.8 Å². The van der Waals surface area contributed by atoms with Crippen LogP contribution < -0.4 is 10.0 Å². The molecule has 1 fully saturated rings. The van der Waals surface area contributed by atoms with Gasteiger partial charge in [0.05, 0.1) is 22.7 Å². The van der Waals surface area contributed by atoms with E-state index in [1.165, 1.54) is 25.1 Å². The first-order chi connectivity index (χ1) is 9.83. The van der Waals surface area contributed by atoms with E-state index < -0.39 is 16.1 Å². The van der Waals surface area contributed by atoms with E-state index in [2.05, 4.69) is 10.0 Å². The highest BCUT2D eigenvalue weighted by molar-refractivity contribution is 7.89. The van der Waals surface area contributed by atoms with Gasteiger partial charge in [0, 0.05) is 6.04 Å². The standard InChI is InChI=1S/C13H14ClN3O3S/c1-8(13(18)16-10-3-4-10)17-21(19,20)12-5-2-9(7-15)6-11(12)14/h2,5-6,8,10,17H,3-4H2,1H3,(H,16,18). The summed E-state index contributed by atoms with van der Waals surface area (Å²) in [5.74, 6) is -0.370. The molecule has 0 bridgehead atoms. The number of nitrogens with one attached hydrogen (secondary N) is 2. The Balaban J connectivity index is 2.14. The van der Waals surface area contributed by atoms with Crippen molar-refractivity contribution in [3.63, 3.8) is 0 Å². The third kappa shape index (κ3) is 3.94. The molecule has 0 radical (unpaired) electrons. The molecule has 1 aromatic carbocycles. The van der Waals surface area contributed by atoms with E-state index in [0.29, 0.717) is 0 Å². The van der Waals surface area contributed by atoms with Crippen LogP contribution in [0, 0.1) is 11.3 Å². The number of halogens is 1. The largest absolute Gasteiger partial charge is 0.352 e. The predicted molar refractivity (Wildman–Crippen MR) is 77.1 cm³/mol. The second-order valence-electron chi connectivity index (χ2n) is 4.88. The normalized spacial score (nSPS) is 16.0. The summed E-state index contributed by atoms with van der Waals surface area (Å²) in [5.41, 5.74) is 0.262. The van der Waals surface area contributed by atoms with Gasteiger partial charge < -0.3 is 5.32 Å². The summed E-state index contributed by atoms with van der Waals surface area (Å²) in [6, 6.07) is 5.00. The minimum Gasteiger partial charge on any atom is -0.352 e. The minimum atomic E-state index is -3.93. The lowest BCUT2D eigenvalue weighted by Crippen LogP contribution is -2.45. The van der Waals surface area contributed by atoms with Crippen molar-refractivity contribution in [1.29, 1.82) is 5.26 Å². The van der Waals surface area contributed by atoms with Gasteiger partial charge in [0.1, 0.15) is 4.90 Å². The number of benzene rings is 1. The summed E-state index contributed by atoms with van der Waals surface area (Å²) in [6.07, 6.45) is 1.85. The van der Waals surface area contributed by atoms with Crippen molar-refractivity contribution in [3.8, 4) is 6.07 Å². The van der Waals surface area contributed by atoms with Crippen LogP contribution in [0.2, 0.25) is 5.02 Å². The van der Waals surface area contributed by atoms with Crippen molar-refractivity contribution in [1.82, 2.24) is 10.0 Å². The summed E-state index contributed by atoms with van der Waals surface area (Å²) >= 11 is 5.88. The van der Waals surface area contributed by atoms with Crippen molar-refractivity contribution >= 4 is 27.5 Å². The van der Waals surface area contributed by atoms with Gasteiger partial charge in [0.2, 0.25) is 15.9 Å². The Kier molecular flexibility index (Phi) is 4.52. The predicted octanol–water partition coefficient (Wildman–Crippen LogP) is 1.16. The number of sulfonamides is 1. The SMILES string of the molecule is CC(NS(=O)(=O)c1ccc(C#N)cc1Cl)C(=O)NC1CC1. The third-order valence-electron chi connectivity index (χ3n) is 3.00. The lowest BCUT2D eigenvalue weighted by atomic mass is 10.2. The lowest BCUT2D eigenvalue weighted by Gasteiger charge is -2.15. The third-order valence-corrected chi connectivity index (χ3v) is 5.02. The molecule has 1 unspecified atom stereocenters. The van der Waals surface area contributed by atoms with Crippen LogP contribution in [0.3, 0.4) is 0 Å². The number of hydrogen-bond donors (Lipinski definition) is 2. The Morgan fingerprint density at radius 3 is 2.67 bits per heavy atom. The molecule has 8 heteroatoms. The molecule has 0 heterocycles. The van der Waals surface area contributed by atoms with Crippen LogP contribution in [0.4, 0.5) is 0 Å². The van der Waals surface area contributed by atoms with Crippen molar-refractivity contribution in [2.45, 2.75) is 36.7 Å². The molecular weight excluding hydrogens is 314 g/mol. The molecule has 0 saturated heterocycles. The quantitative estimate of drug-likeness (QED) is 0.847. The van der Waals surface area contributed by atoms with Gasteiger partial charge in [0.25, 0.3) is 0 Å². The molecule has 1 saturated carbocycles. The van der Waals surface area contributed by atoms with Gasteiger partial charge in [-0.3, -0.25) is 4.79 Å². The fourth-order valence-corrected chi connectivity index (χ4v) is 3.44. The molecule has 6 nitrogen and oxygen atoms in total. The summed E-state index contributed by atoms with van der Waals surface area (Å²) in [7, 11) is -3.93. The van der Waals surface area contributed by atoms with Gasteiger partial charge in [0.15, 0.2) is 0 Å². The van der Waals surface area contributed by atoms with Crippen LogP contribution in [0.1, 0.15) is 25.3 Å². The van der Waals surface area contributed by atoms with E-state index in [1.54, 1.807) is 0 Å². The van der Waals surface area contributed by atoms with E-state index in [1.807, 2.05) is 6.07 Å². The lowest BCUT2D eigenvalue weighted by molar-refractivity contribution is -0.122. The number of hydrogen-bond acceptors (Lipinski definition) is 4. The summed E-state index contributed by atoms with van der Waals surface area (Å²) in [5, 5.41) is 11.4. The van der Waals surface area contributed by atoms with Crippen LogP contribution in [0.25, 0.3) is 0 Å². The molecule has 1 aliphatic carbocycles. The zero-order valence-corrected chi connectivity index (χ0v) is 12.8. The smallest absolute Gasteiger partial charge is 0.242 e. The monoisotopic (exact) mass is 327 g/mol. The maximum atomic E-state index is 12.2. The Bertz CT molecular complexity index is 708. The van der Waals surface area contributed by atoms with Gasteiger partial charge >= 0.3 is 0 Å². The highest BCUT2D eigenvalue weighted by Gasteiger charge is 2.28. The Morgan fingerprint density at radius 1 is 1.48 bits per heavy atom. The highest BCUT2D eigenvalue weighted by Crippen LogP contribution is 2.23. The number of amides is 1. The fourth-order valence-electron chi connectivity index (χ4n) is 1.69. The fraction of sp³-hybridized carbons (Fsp3) is 0.385. The second kappa shape index (κ2) is 6.02. The number of carbonyl (C=O) groups is 1. The van der Waals surface area contributed by atoms with Crippen LogP contribution in [0.5, 0.6) is 0 Å². The second-order valence-corrected chi connectivity index (χ2v) is 6.97. The molecule has 1 amide bonds. The number of nitriles is 1. The first-order valence-corrected chi connectivity index (χ1v) is 8.22. The highest BCUT2D eigenvalue weighted by atomic mass is 35.5. The van der Waals surface area contributed by atoms with Gasteiger partial charge in [-0.1, -0.05) is 11.6 Å². The van der Waals surface area contributed by atoms with E-state index in [9.17, 15) is 13.2 Å². The molecule has 21 heavy (non-hydrogen) atoms. The Hall–Kier alpha value is -1.62. The number of nitrogens with zero attached hydrogens (tertiary/aromatic N) is 1. The average Bonchev–Trinajstić information content (AvgIpc) is 3.21. The van der Waals surface area contributed by atoms with E-state index in [-0.39, 0.29) is 27.4 Å². The minimum absolute atomic E-state index is 0.0589. The van der Waals surface area contributed by atoms with Gasteiger partial charge in [-0.25, -0.2) is 8.42 Å². The van der Waals surface area contributed by atoms with Crippen molar-refractivity contribution in [2.24, 2.45) is 0 Å². The van der Waals surface area contributed by atoms with Crippen LogP contribution in [-0.4, -0.2) is 26.4 Å². The molecule has 1 atom stereocenters. The maximum Gasteiger partial charge on any atom is 0.242 e. The molecule has 2 rings (SSSR count).